The first-order valence-electron chi connectivity index (χ1n) is 5.36. The summed E-state index contributed by atoms with van der Waals surface area (Å²) in [5.41, 5.74) is 0.458. The van der Waals surface area contributed by atoms with E-state index in [1.54, 1.807) is 13.0 Å². The topological polar surface area (TPSA) is 102 Å². The molecule has 0 aromatic heterocycles. The molecule has 0 heterocycles. The van der Waals surface area contributed by atoms with Crippen LogP contribution in [-0.4, -0.2) is 29.2 Å². The van der Waals surface area contributed by atoms with Crippen LogP contribution < -0.4 is 5.32 Å². The first-order valence-corrected chi connectivity index (χ1v) is 5.36. The van der Waals surface area contributed by atoms with Gasteiger partial charge in [-0.3, -0.25) is 14.9 Å². The van der Waals surface area contributed by atoms with Crippen molar-refractivity contribution >= 4 is 17.3 Å². The molecule has 0 saturated carbocycles. The fourth-order valence-electron chi connectivity index (χ4n) is 1.36. The van der Waals surface area contributed by atoms with Gasteiger partial charge < -0.3 is 15.2 Å². The van der Waals surface area contributed by atoms with Crippen molar-refractivity contribution in [2.24, 2.45) is 0 Å². The largest absolute Gasteiger partial charge is 0.465 e. The van der Waals surface area contributed by atoms with E-state index in [-0.39, 0.29) is 31.1 Å². The predicted molar refractivity (Wildman–Crippen MR) is 64.1 cm³/mol. The van der Waals surface area contributed by atoms with Crippen LogP contribution in [0.3, 0.4) is 0 Å². The highest BCUT2D eigenvalue weighted by atomic mass is 16.6. The fourth-order valence-corrected chi connectivity index (χ4v) is 1.36. The minimum atomic E-state index is -0.577. The van der Waals surface area contributed by atoms with Crippen molar-refractivity contribution in [1.82, 2.24) is 0 Å². The average Bonchev–Trinajstić information content (AvgIpc) is 2.36. The van der Waals surface area contributed by atoms with E-state index in [1.807, 2.05) is 0 Å². The molecule has 7 heteroatoms. The van der Waals surface area contributed by atoms with E-state index in [0.717, 1.165) is 0 Å². The van der Waals surface area contributed by atoms with Crippen molar-refractivity contribution in [3.8, 4) is 0 Å². The Hall–Kier alpha value is -2.15. The highest BCUT2D eigenvalue weighted by Crippen LogP contribution is 2.25. The second-order valence-corrected chi connectivity index (χ2v) is 3.43. The van der Waals surface area contributed by atoms with Crippen LogP contribution in [-0.2, 0) is 16.1 Å². The van der Waals surface area contributed by atoms with Crippen molar-refractivity contribution in [3.63, 3.8) is 0 Å². The number of aliphatic hydroxyl groups excluding tert-OH is 1. The SMILES string of the molecule is CCOC(=O)CNc1ccc(CO)cc1[N+](=O)[O-]. The van der Waals surface area contributed by atoms with Crippen LogP contribution >= 0.6 is 0 Å². The third-order valence-corrected chi connectivity index (χ3v) is 2.17. The molecule has 0 aliphatic carbocycles. The number of carbonyl (C=O) groups is 1. The molecular weight excluding hydrogens is 240 g/mol. The van der Waals surface area contributed by atoms with Crippen molar-refractivity contribution in [1.29, 1.82) is 0 Å². The summed E-state index contributed by atoms with van der Waals surface area (Å²) >= 11 is 0. The molecule has 1 rings (SSSR count). The number of esters is 1. The molecule has 0 bridgehead atoms. The molecule has 0 radical (unpaired) electrons. The normalized spacial score (nSPS) is 9.89. The third kappa shape index (κ3) is 3.70. The van der Waals surface area contributed by atoms with Gasteiger partial charge in [-0.1, -0.05) is 6.07 Å². The van der Waals surface area contributed by atoms with Gasteiger partial charge in [-0.05, 0) is 18.6 Å². The van der Waals surface area contributed by atoms with Crippen molar-refractivity contribution < 1.29 is 19.6 Å². The zero-order valence-electron chi connectivity index (χ0n) is 9.88. The van der Waals surface area contributed by atoms with E-state index < -0.39 is 10.9 Å². The summed E-state index contributed by atoms with van der Waals surface area (Å²) in [6.07, 6.45) is 0. The van der Waals surface area contributed by atoms with E-state index in [1.165, 1.54) is 12.1 Å². The summed E-state index contributed by atoms with van der Waals surface area (Å²) in [6.45, 7) is 1.51. The highest BCUT2D eigenvalue weighted by molar-refractivity contribution is 5.76. The fraction of sp³-hybridized carbons (Fsp3) is 0.364. The zero-order chi connectivity index (χ0) is 13.5. The Morgan fingerprint density at radius 2 is 2.28 bits per heavy atom. The monoisotopic (exact) mass is 254 g/mol. The smallest absolute Gasteiger partial charge is 0.325 e. The molecule has 2 N–H and O–H groups in total. The lowest BCUT2D eigenvalue weighted by atomic mass is 10.2. The van der Waals surface area contributed by atoms with E-state index in [9.17, 15) is 14.9 Å². The van der Waals surface area contributed by atoms with Crippen LogP contribution in [0.4, 0.5) is 11.4 Å². The van der Waals surface area contributed by atoms with Crippen LogP contribution in [0.5, 0.6) is 0 Å². The number of anilines is 1. The first-order chi connectivity index (χ1) is 8.58. The first kappa shape index (κ1) is 13.9. The quantitative estimate of drug-likeness (QED) is 0.447. The molecule has 1 aromatic rings. The number of benzene rings is 1. The van der Waals surface area contributed by atoms with Gasteiger partial charge in [0, 0.05) is 6.07 Å². The van der Waals surface area contributed by atoms with Crippen LogP contribution in [0.15, 0.2) is 18.2 Å². The second-order valence-electron chi connectivity index (χ2n) is 3.43. The highest BCUT2D eigenvalue weighted by Gasteiger charge is 2.15. The van der Waals surface area contributed by atoms with Crippen molar-refractivity contribution in [2.45, 2.75) is 13.5 Å². The van der Waals surface area contributed by atoms with Crippen LogP contribution in [0, 0.1) is 10.1 Å². The Bertz CT molecular complexity index is 447. The maximum absolute atomic E-state index is 11.1. The van der Waals surface area contributed by atoms with Gasteiger partial charge in [0.25, 0.3) is 5.69 Å². The summed E-state index contributed by atoms with van der Waals surface area (Å²) in [6, 6.07) is 4.25. The van der Waals surface area contributed by atoms with E-state index in [0.29, 0.717) is 5.56 Å². The summed E-state index contributed by atoms with van der Waals surface area (Å²) in [7, 11) is 0. The number of rotatable bonds is 6. The summed E-state index contributed by atoms with van der Waals surface area (Å²) in [4.78, 5) is 21.4. The van der Waals surface area contributed by atoms with Gasteiger partial charge in [-0.15, -0.1) is 0 Å². The number of carbonyl (C=O) groups excluding carboxylic acids is 1. The van der Waals surface area contributed by atoms with Gasteiger partial charge in [0.2, 0.25) is 0 Å². The number of hydrogen-bond donors (Lipinski definition) is 2. The Kier molecular flexibility index (Phi) is 5.06. The molecule has 1 aromatic carbocycles. The minimum absolute atomic E-state index is 0.146. The number of nitrogens with one attached hydrogen (secondary N) is 1. The number of nitrogens with zero attached hydrogens (tertiary/aromatic N) is 1. The maximum atomic E-state index is 11.1. The lowest BCUT2D eigenvalue weighted by molar-refractivity contribution is -0.384. The summed E-state index contributed by atoms with van der Waals surface area (Å²) < 4.78 is 4.70. The average molecular weight is 254 g/mol. The summed E-state index contributed by atoms with van der Waals surface area (Å²) in [5, 5.41) is 22.4. The zero-order valence-corrected chi connectivity index (χ0v) is 9.88. The lowest BCUT2D eigenvalue weighted by Gasteiger charge is -2.07. The van der Waals surface area contributed by atoms with Gasteiger partial charge in [-0.25, -0.2) is 0 Å². The molecule has 0 atom stereocenters. The number of nitro groups is 1. The molecular formula is C11H14N2O5. The standard InChI is InChI=1S/C11H14N2O5/c1-2-18-11(15)6-12-9-4-3-8(7-14)5-10(9)13(16)17/h3-5,12,14H,2,6-7H2,1H3. The molecule has 0 aliphatic heterocycles. The molecule has 0 spiro atoms. The molecule has 0 fully saturated rings. The van der Waals surface area contributed by atoms with E-state index in [2.05, 4.69) is 5.32 Å². The predicted octanol–water partition coefficient (Wildman–Crippen LogP) is 1.06. The minimum Gasteiger partial charge on any atom is -0.465 e. The van der Waals surface area contributed by atoms with Crippen LogP contribution in [0.2, 0.25) is 0 Å². The van der Waals surface area contributed by atoms with Gasteiger partial charge >= 0.3 is 5.97 Å². The van der Waals surface area contributed by atoms with E-state index in [4.69, 9.17) is 9.84 Å². The van der Waals surface area contributed by atoms with Crippen molar-refractivity contribution in [3.05, 3.63) is 33.9 Å². The molecule has 0 saturated heterocycles. The third-order valence-electron chi connectivity index (χ3n) is 2.17. The Balaban J connectivity index is 2.81. The Morgan fingerprint density at radius 1 is 1.56 bits per heavy atom. The molecule has 0 amide bonds. The summed E-state index contributed by atoms with van der Waals surface area (Å²) in [5.74, 6) is -0.488. The number of nitro benzene ring substituents is 1. The van der Waals surface area contributed by atoms with Gasteiger partial charge in [-0.2, -0.15) is 0 Å². The number of ether oxygens (including phenoxy) is 1. The molecule has 98 valence electrons. The molecule has 0 aliphatic rings. The maximum Gasteiger partial charge on any atom is 0.325 e. The number of hydrogen-bond acceptors (Lipinski definition) is 6. The Morgan fingerprint density at radius 3 is 2.83 bits per heavy atom. The van der Waals surface area contributed by atoms with Crippen LogP contribution in [0.25, 0.3) is 0 Å². The van der Waals surface area contributed by atoms with Crippen LogP contribution in [0.1, 0.15) is 12.5 Å². The molecule has 0 unspecified atom stereocenters. The van der Waals surface area contributed by atoms with Gasteiger partial charge in [0.05, 0.1) is 18.1 Å². The van der Waals surface area contributed by atoms with Crippen molar-refractivity contribution in [2.75, 3.05) is 18.5 Å². The Labute approximate surface area is 104 Å². The number of aliphatic hydroxyl groups is 1. The molecule has 7 nitrogen and oxygen atoms in total. The van der Waals surface area contributed by atoms with E-state index >= 15 is 0 Å². The second kappa shape index (κ2) is 6.55. The van der Waals surface area contributed by atoms with Gasteiger partial charge in [0.15, 0.2) is 0 Å². The van der Waals surface area contributed by atoms with Gasteiger partial charge in [0.1, 0.15) is 12.2 Å². The lowest BCUT2D eigenvalue weighted by Crippen LogP contribution is -2.17. The molecule has 18 heavy (non-hydrogen) atoms.